The molecule has 3 nitrogen and oxygen atoms in total. The Morgan fingerprint density at radius 3 is 2.72 bits per heavy atom. The van der Waals surface area contributed by atoms with Gasteiger partial charge in [0.2, 0.25) is 0 Å². The SMILES string of the molecule is CCC(C)(C)C(O)Cc1ccn(C2CCCC2)n1. The van der Waals surface area contributed by atoms with E-state index in [1.807, 2.05) is 0 Å². The summed E-state index contributed by atoms with van der Waals surface area (Å²) in [5.74, 6) is 0. The number of rotatable bonds is 5. The van der Waals surface area contributed by atoms with E-state index in [0.717, 1.165) is 12.1 Å². The van der Waals surface area contributed by atoms with Crippen LogP contribution in [0.2, 0.25) is 0 Å². The second-order valence-electron chi connectivity index (χ2n) is 6.29. The van der Waals surface area contributed by atoms with Crippen LogP contribution in [0.3, 0.4) is 0 Å². The molecule has 1 N–H and O–H groups in total. The zero-order valence-electron chi connectivity index (χ0n) is 11.9. The van der Waals surface area contributed by atoms with Crippen molar-refractivity contribution in [2.45, 2.75) is 71.4 Å². The molecule has 0 amide bonds. The van der Waals surface area contributed by atoms with E-state index >= 15 is 0 Å². The molecule has 1 aliphatic carbocycles. The Kier molecular flexibility index (Phi) is 4.10. The lowest BCUT2D eigenvalue weighted by Gasteiger charge is -2.28. The Labute approximate surface area is 110 Å². The van der Waals surface area contributed by atoms with Gasteiger partial charge in [0.15, 0.2) is 0 Å². The van der Waals surface area contributed by atoms with Crippen LogP contribution in [-0.4, -0.2) is 21.0 Å². The minimum atomic E-state index is -0.311. The molecular formula is C15H26N2O. The van der Waals surface area contributed by atoms with Crippen LogP contribution < -0.4 is 0 Å². The highest BCUT2D eigenvalue weighted by atomic mass is 16.3. The van der Waals surface area contributed by atoms with Crippen molar-refractivity contribution in [1.82, 2.24) is 9.78 Å². The number of aromatic nitrogens is 2. The second-order valence-corrected chi connectivity index (χ2v) is 6.29. The first-order valence-electron chi connectivity index (χ1n) is 7.25. The van der Waals surface area contributed by atoms with Crippen molar-refractivity contribution in [3.05, 3.63) is 18.0 Å². The number of aliphatic hydroxyl groups excluding tert-OH is 1. The van der Waals surface area contributed by atoms with E-state index in [9.17, 15) is 5.11 Å². The molecule has 0 radical (unpaired) electrons. The molecule has 1 heterocycles. The maximum absolute atomic E-state index is 10.3. The monoisotopic (exact) mass is 250 g/mol. The quantitative estimate of drug-likeness (QED) is 0.870. The molecule has 0 aliphatic heterocycles. The smallest absolute Gasteiger partial charge is 0.0650 e. The van der Waals surface area contributed by atoms with E-state index in [1.165, 1.54) is 25.7 Å². The maximum Gasteiger partial charge on any atom is 0.0650 e. The van der Waals surface area contributed by atoms with E-state index in [2.05, 4.69) is 42.8 Å². The van der Waals surface area contributed by atoms with E-state index in [0.29, 0.717) is 12.5 Å². The van der Waals surface area contributed by atoms with Gasteiger partial charge in [-0.3, -0.25) is 4.68 Å². The van der Waals surface area contributed by atoms with Crippen molar-refractivity contribution in [3.63, 3.8) is 0 Å². The minimum Gasteiger partial charge on any atom is -0.392 e. The molecule has 1 saturated carbocycles. The van der Waals surface area contributed by atoms with Gasteiger partial charge in [0.05, 0.1) is 17.8 Å². The predicted octanol–water partition coefficient (Wildman–Crippen LogP) is 3.34. The lowest BCUT2D eigenvalue weighted by molar-refractivity contribution is 0.0470. The lowest BCUT2D eigenvalue weighted by atomic mass is 9.82. The van der Waals surface area contributed by atoms with Crippen molar-refractivity contribution in [2.24, 2.45) is 5.41 Å². The van der Waals surface area contributed by atoms with E-state index in [-0.39, 0.29) is 11.5 Å². The van der Waals surface area contributed by atoms with Gasteiger partial charge in [0, 0.05) is 12.6 Å². The van der Waals surface area contributed by atoms with Gasteiger partial charge in [-0.1, -0.05) is 33.6 Å². The normalized spacial score (nSPS) is 19.3. The van der Waals surface area contributed by atoms with Gasteiger partial charge in [0.1, 0.15) is 0 Å². The molecule has 1 aliphatic rings. The Balaban J connectivity index is 1.98. The van der Waals surface area contributed by atoms with Crippen molar-refractivity contribution >= 4 is 0 Å². The highest BCUT2D eigenvalue weighted by Crippen LogP contribution is 2.30. The average molecular weight is 250 g/mol. The first kappa shape index (κ1) is 13.6. The third-order valence-electron chi connectivity index (χ3n) is 4.58. The number of nitrogens with zero attached hydrogens (tertiary/aromatic N) is 2. The van der Waals surface area contributed by atoms with Crippen LogP contribution in [-0.2, 0) is 6.42 Å². The van der Waals surface area contributed by atoms with Crippen LogP contribution in [0.15, 0.2) is 12.3 Å². The fraction of sp³-hybridized carbons (Fsp3) is 0.800. The van der Waals surface area contributed by atoms with Crippen LogP contribution >= 0.6 is 0 Å². The summed E-state index contributed by atoms with van der Waals surface area (Å²) in [6.45, 7) is 6.36. The zero-order chi connectivity index (χ0) is 13.2. The molecule has 1 fully saturated rings. The standard InChI is InChI=1S/C15H26N2O/c1-4-15(2,3)14(18)11-12-9-10-17(16-12)13-7-5-6-8-13/h9-10,13-14,18H,4-8,11H2,1-3H3. The molecule has 18 heavy (non-hydrogen) atoms. The van der Waals surface area contributed by atoms with E-state index in [4.69, 9.17) is 0 Å². The molecule has 0 aromatic carbocycles. The van der Waals surface area contributed by atoms with E-state index < -0.39 is 0 Å². The Morgan fingerprint density at radius 2 is 2.11 bits per heavy atom. The number of hydrogen-bond donors (Lipinski definition) is 1. The summed E-state index contributed by atoms with van der Waals surface area (Å²) in [7, 11) is 0. The fourth-order valence-corrected chi connectivity index (χ4v) is 2.57. The van der Waals surface area contributed by atoms with Crippen molar-refractivity contribution in [1.29, 1.82) is 0 Å². The van der Waals surface area contributed by atoms with Crippen molar-refractivity contribution in [3.8, 4) is 0 Å². The molecule has 102 valence electrons. The summed E-state index contributed by atoms with van der Waals surface area (Å²) in [4.78, 5) is 0. The minimum absolute atomic E-state index is 0.0306. The average Bonchev–Trinajstić information content (AvgIpc) is 2.98. The molecule has 0 saturated heterocycles. The Hall–Kier alpha value is -0.830. The summed E-state index contributed by atoms with van der Waals surface area (Å²) in [5.41, 5.74) is 0.993. The molecule has 0 spiro atoms. The number of aliphatic hydroxyl groups is 1. The van der Waals surface area contributed by atoms with Crippen LogP contribution in [0.25, 0.3) is 0 Å². The highest BCUT2D eigenvalue weighted by molar-refractivity contribution is 5.03. The molecule has 1 unspecified atom stereocenters. The summed E-state index contributed by atoms with van der Waals surface area (Å²) >= 11 is 0. The maximum atomic E-state index is 10.3. The topological polar surface area (TPSA) is 38.0 Å². The van der Waals surface area contributed by atoms with Crippen LogP contribution in [0, 0.1) is 5.41 Å². The van der Waals surface area contributed by atoms with Gasteiger partial charge < -0.3 is 5.11 Å². The third-order valence-corrected chi connectivity index (χ3v) is 4.58. The van der Waals surface area contributed by atoms with Gasteiger partial charge >= 0.3 is 0 Å². The largest absolute Gasteiger partial charge is 0.392 e. The van der Waals surface area contributed by atoms with Gasteiger partial charge in [-0.05, 0) is 30.7 Å². The van der Waals surface area contributed by atoms with Gasteiger partial charge in [-0.2, -0.15) is 5.10 Å². The van der Waals surface area contributed by atoms with Gasteiger partial charge in [-0.25, -0.2) is 0 Å². The molecule has 1 atom stereocenters. The highest BCUT2D eigenvalue weighted by Gasteiger charge is 2.27. The molecule has 1 aromatic heterocycles. The molecular weight excluding hydrogens is 224 g/mol. The first-order valence-corrected chi connectivity index (χ1v) is 7.25. The fourth-order valence-electron chi connectivity index (χ4n) is 2.57. The second kappa shape index (κ2) is 5.43. The summed E-state index contributed by atoms with van der Waals surface area (Å²) in [5, 5.41) is 14.9. The van der Waals surface area contributed by atoms with Gasteiger partial charge in [-0.15, -0.1) is 0 Å². The van der Waals surface area contributed by atoms with Crippen LogP contribution in [0.4, 0.5) is 0 Å². The van der Waals surface area contributed by atoms with Crippen LogP contribution in [0.1, 0.15) is 64.6 Å². The predicted molar refractivity (Wildman–Crippen MR) is 73.5 cm³/mol. The summed E-state index contributed by atoms with van der Waals surface area (Å²) < 4.78 is 2.11. The Morgan fingerprint density at radius 1 is 1.44 bits per heavy atom. The number of hydrogen-bond acceptors (Lipinski definition) is 2. The summed E-state index contributed by atoms with van der Waals surface area (Å²) in [6.07, 6.45) is 8.58. The molecule has 1 aromatic rings. The molecule has 3 heteroatoms. The zero-order valence-corrected chi connectivity index (χ0v) is 11.9. The van der Waals surface area contributed by atoms with Crippen molar-refractivity contribution in [2.75, 3.05) is 0 Å². The lowest BCUT2D eigenvalue weighted by Crippen LogP contribution is -2.30. The van der Waals surface area contributed by atoms with Crippen LogP contribution in [0.5, 0.6) is 0 Å². The van der Waals surface area contributed by atoms with Crippen molar-refractivity contribution < 1.29 is 5.11 Å². The molecule has 0 bridgehead atoms. The first-order chi connectivity index (χ1) is 8.53. The Bertz CT molecular complexity index is 378. The summed E-state index contributed by atoms with van der Waals surface area (Å²) in [6, 6.07) is 2.66. The van der Waals surface area contributed by atoms with E-state index in [1.54, 1.807) is 0 Å². The van der Waals surface area contributed by atoms with Gasteiger partial charge in [0.25, 0.3) is 0 Å². The molecule has 2 rings (SSSR count). The third kappa shape index (κ3) is 2.94.